The highest BCUT2D eigenvalue weighted by molar-refractivity contribution is 5.96. The van der Waals surface area contributed by atoms with Gasteiger partial charge in [-0.25, -0.2) is 4.79 Å². The minimum absolute atomic E-state index is 0.0560. The number of carbonyl (C=O) groups is 3. The van der Waals surface area contributed by atoms with E-state index in [1.807, 2.05) is 4.90 Å². The number of benzene rings is 1. The van der Waals surface area contributed by atoms with Crippen molar-refractivity contribution >= 4 is 23.5 Å². The molecule has 1 aliphatic heterocycles. The van der Waals surface area contributed by atoms with Crippen molar-refractivity contribution in [2.45, 2.75) is 26.1 Å². The number of nitrogens with one attached hydrogen (secondary N) is 3. The summed E-state index contributed by atoms with van der Waals surface area (Å²) in [6.07, 6.45) is -4.56. The predicted molar refractivity (Wildman–Crippen MR) is 105 cm³/mol. The zero-order valence-corrected chi connectivity index (χ0v) is 16.9. The van der Waals surface area contributed by atoms with Crippen molar-refractivity contribution in [3.8, 4) is 0 Å². The van der Waals surface area contributed by atoms with Crippen LogP contribution in [0.1, 0.15) is 19.4 Å². The van der Waals surface area contributed by atoms with Crippen LogP contribution >= 0.6 is 0 Å². The molecule has 1 saturated heterocycles. The van der Waals surface area contributed by atoms with Crippen molar-refractivity contribution < 1.29 is 27.6 Å². The number of imide groups is 1. The van der Waals surface area contributed by atoms with E-state index in [0.29, 0.717) is 32.7 Å². The third-order valence-corrected chi connectivity index (χ3v) is 4.78. The summed E-state index contributed by atoms with van der Waals surface area (Å²) in [4.78, 5) is 39.5. The Morgan fingerprint density at radius 1 is 1.10 bits per heavy atom. The van der Waals surface area contributed by atoms with Crippen molar-refractivity contribution in [1.82, 2.24) is 20.4 Å². The number of hydrogen-bond acceptors (Lipinski definition) is 5. The molecule has 4 amide bonds. The van der Waals surface area contributed by atoms with Crippen LogP contribution in [0.15, 0.2) is 24.3 Å². The van der Waals surface area contributed by atoms with Gasteiger partial charge in [-0.1, -0.05) is 12.1 Å². The molecule has 1 unspecified atom stereocenters. The molecule has 30 heavy (non-hydrogen) atoms. The van der Waals surface area contributed by atoms with E-state index in [4.69, 9.17) is 0 Å². The molecule has 1 aromatic carbocycles. The van der Waals surface area contributed by atoms with Gasteiger partial charge in [-0.05, 0) is 26.0 Å². The maximum Gasteiger partial charge on any atom is 0.418 e. The first-order chi connectivity index (χ1) is 14.1. The fourth-order valence-electron chi connectivity index (χ4n) is 3.13. The van der Waals surface area contributed by atoms with Crippen LogP contribution < -0.4 is 16.0 Å². The highest BCUT2D eigenvalue weighted by Gasteiger charge is 2.34. The molecule has 0 saturated carbocycles. The summed E-state index contributed by atoms with van der Waals surface area (Å²) in [5.41, 5.74) is -1.17. The van der Waals surface area contributed by atoms with Crippen molar-refractivity contribution in [2.24, 2.45) is 0 Å². The Bertz CT molecular complexity index is 764. The lowest BCUT2D eigenvalue weighted by Crippen LogP contribution is -2.56. The first kappa shape index (κ1) is 23.6. The molecule has 1 heterocycles. The van der Waals surface area contributed by atoms with Gasteiger partial charge in [0.15, 0.2) is 0 Å². The third kappa shape index (κ3) is 6.70. The summed E-state index contributed by atoms with van der Waals surface area (Å²) < 4.78 is 39.1. The second-order valence-corrected chi connectivity index (χ2v) is 6.93. The highest BCUT2D eigenvalue weighted by Crippen LogP contribution is 2.34. The monoisotopic (exact) mass is 429 g/mol. The lowest BCUT2D eigenvalue weighted by atomic mass is 10.1. The van der Waals surface area contributed by atoms with Gasteiger partial charge < -0.3 is 10.6 Å². The zero-order chi connectivity index (χ0) is 22.3. The first-order valence-corrected chi connectivity index (χ1v) is 9.63. The van der Waals surface area contributed by atoms with Crippen molar-refractivity contribution in [1.29, 1.82) is 0 Å². The molecule has 0 bridgehead atoms. The molecule has 1 fully saturated rings. The van der Waals surface area contributed by atoms with Gasteiger partial charge in [0.1, 0.15) is 0 Å². The summed E-state index contributed by atoms with van der Waals surface area (Å²) in [5, 5.41) is 7.08. The van der Waals surface area contributed by atoms with E-state index in [1.54, 1.807) is 18.7 Å². The van der Waals surface area contributed by atoms with Crippen LogP contribution in [0.3, 0.4) is 0 Å². The lowest BCUT2D eigenvalue weighted by Gasteiger charge is -2.37. The van der Waals surface area contributed by atoms with Crippen molar-refractivity contribution in [3.63, 3.8) is 0 Å². The van der Waals surface area contributed by atoms with Gasteiger partial charge in [0, 0.05) is 32.7 Å². The van der Waals surface area contributed by atoms with E-state index in [1.165, 1.54) is 18.2 Å². The lowest BCUT2D eigenvalue weighted by molar-refractivity contribution is -0.137. The number of hydrogen-bond donors (Lipinski definition) is 3. The first-order valence-electron chi connectivity index (χ1n) is 9.63. The molecule has 0 radical (unpaired) electrons. The van der Waals surface area contributed by atoms with Gasteiger partial charge in [0.05, 0.1) is 23.8 Å². The number of amides is 4. The summed E-state index contributed by atoms with van der Waals surface area (Å²) in [5.74, 6) is -0.960. The fourth-order valence-corrected chi connectivity index (χ4v) is 3.13. The molecule has 3 N–H and O–H groups in total. The van der Waals surface area contributed by atoms with Crippen LogP contribution in [0.25, 0.3) is 0 Å². The number of urea groups is 1. The van der Waals surface area contributed by atoms with E-state index in [2.05, 4.69) is 16.0 Å². The van der Waals surface area contributed by atoms with E-state index < -0.39 is 35.6 Å². The van der Waals surface area contributed by atoms with Gasteiger partial charge in [-0.15, -0.1) is 0 Å². The SMILES string of the molecule is CCNC(=O)NC(=O)C(C)N1CCN(CC(=O)Nc2ccccc2C(F)(F)F)CC1. The van der Waals surface area contributed by atoms with Gasteiger partial charge >= 0.3 is 12.2 Å². The molecule has 0 spiro atoms. The molecule has 0 aliphatic carbocycles. The third-order valence-electron chi connectivity index (χ3n) is 4.78. The Labute approximate surface area is 172 Å². The number of halogens is 3. The minimum Gasteiger partial charge on any atom is -0.338 e. The number of carbonyl (C=O) groups excluding carboxylic acids is 3. The summed E-state index contributed by atoms with van der Waals surface area (Å²) in [6, 6.07) is 3.75. The number of rotatable bonds is 6. The Hall–Kier alpha value is -2.66. The molecule has 166 valence electrons. The number of alkyl halides is 3. The van der Waals surface area contributed by atoms with Gasteiger partial charge in [-0.3, -0.25) is 24.7 Å². The summed E-state index contributed by atoms with van der Waals surface area (Å²) in [7, 11) is 0. The fraction of sp³-hybridized carbons (Fsp3) is 0.526. The predicted octanol–water partition coefficient (Wildman–Crippen LogP) is 1.50. The zero-order valence-electron chi connectivity index (χ0n) is 16.9. The molecule has 0 aromatic heterocycles. The maximum absolute atomic E-state index is 13.0. The highest BCUT2D eigenvalue weighted by atomic mass is 19.4. The van der Waals surface area contributed by atoms with Gasteiger partial charge in [-0.2, -0.15) is 13.2 Å². The molecule has 2 rings (SSSR count). The second-order valence-electron chi connectivity index (χ2n) is 6.93. The smallest absolute Gasteiger partial charge is 0.338 e. The van der Waals surface area contributed by atoms with Gasteiger partial charge in [0.2, 0.25) is 11.8 Å². The number of nitrogens with zero attached hydrogens (tertiary/aromatic N) is 2. The topological polar surface area (TPSA) is 93.8 Å². The van der Waals surface area contributed by atoms with Crippen LogP contribution in [0.2, 0.25) is 0 Å². The van der Waals surface area contributed by atoms with Crippen LogP contribution in [-0.2, 0) is 15.8 Å². The maximum atomic E-state index is 13.0. The standard InChI is InChI=1S/C19H26F3N5O3/c1-3-23-18(30)25-17(29)13(2)27-10-8-26(9-11-27)12-16(28)24-15-7-5-4-6-14(15)19(20,21)22/h4-7,13H,3,8-12H2,1-2H3,(H,24,28)(H2,23,25,29,30). The molecular formula is C19H26F3N5O3. The van der Waals surface area contributed by atoms with Crippen LogP contribution in [-0.4, -0.2) is 73.0 Å². The number of anilines is 1. The Kier molecular flexibility index (Phi) is 8.18. The molecule has 1 aromatic rings. The minimum atomic E-state index is -4.56. The molecule has 8 nitrogen and oxygen atoms in total. The Morgan fingerprint density at radius 3 is 2.33 bits per heavy atom. The van der Waals surface area contributed by atoms with Crippen molar-refractivity contribution in [3.05, 3.63) is 29.8 Å². The second kappa shape index (κ2) is 10.4. The number of para-hydroxylation sites is 1. The molecule has 11 heteroatoms. The van der Waals surface area contributed by atoms with E-state index in [9.17, 15) is 27.6 Å². The summed E-state index contributed by atoms with van der Waals surface area (Å²) in [6.45, 7) is 5.67. The van der Waals surface area contributed by atoms with Crippen LogP contribution in [0.4, 0.5) is 23.7 Å². The summed E-state index contributed by atoms with van der Waals surface area (Å²) >= 11 is 0. The average molecular weight is 429 g/mol. The largest absolute Gasteiger partial charge is 0.418 e. The molecule has 1 atom stereocenters. The van der Waals surface area contributed by atoms with E-state index >= 15 is 0 Å². The number of piperazine rings is 1. The van der Waals surface area contributed by atoms with E-state index in [-0.39, 0.29) is 12.2 Å². The van der Waals surface area contributed by atoms with Gasteiger partial charge in [0.25, 0.3) is 0 Å². The molecular weight excluding hydrogens is 403 g/mol. The van der Waals surface area contributed by atoms with Crippen LogP contribution in [0.5, 0.6) is 0 Å². The van der Waals surface area contributed by atoms with Crippen LogP contribution in [0, 0.1) is 0 Å². The van der Waals surface area contributed by atoms with E-state index in [0.717, 1.165) is 6.07 Å². The normalized spacial score (nSPS) is 16.6. The quantitative estimate of drug-likeness (QED) is 0.637. The Morgan fingerprint density at radius 2 is 1.73 bits per heavy atom. The Balaban J connectivity index is 1.83. The van der Waals surface area contributed by atoms with Crippen molar-refractivity contribution in [2.75, 3.05) is 44.6 Å². The average Bonchev–Trinajstić information content (AvgIpc) is 2.67. The molecule has 1 aliphatic rings.